The molecule has 134 valence electrons. The Hall–Kier alpha value is -3.49. The molecule has 0 radical (unpaired) electrons. The van der Waals surface area contributed by atoms with E-state index in [-0.39, 0.29) is 16.5 Å². The SMILES string of the molecule is COc1ccc2oc(-c3cc(F)c(F)cc3F)c(C(=O)OC(N)=O)c2c1. The normalized spacial score (nSPS) is 10.8. The summed E-state index contributed by atoms with van der Waals surface area (Å²) in [5.74, 6) is -5.31. The van der Waals surface area contributed by atoms with Crippen LogP contribution in [-0.2, 0) is 4.74 Å². The summed E-state index contributed by atoms with van der Waals surface area (Å²) >= 11 is 0. The number of hydrogen-bond acceptors (Lipinski definition) is 5. The second-order valence-electron chi connectivity index (χ2n) is 5.12. The van der Waals surface area contributed by atoms with Crippen LogP contribution < -0.4 is 10.5 Å². The Kier molecular flexibility index (Phi) is 4.29. The first-order chi connectivity index (χ1) is 12.3. The fourth-order valence-corrected chi connectivity index (χ4v) is 2.44. The van der Waals surface area contributed by atoms with Crippen molar-refractivity contribution in [3.05, 3.63) is 53.3 Å². The lowest BCUT2D eigenvalue weighted by atomic mass is 10.0. The highest BCUT2D eigenvalue weighted by atomic mass is 19.2. The van der Waals surface area contributed by atoms with Crippen molar-refractivity contribution in [1.29, 1.82) is 0 Å². The minimum absolute atomic E-state index is 0.0985. The number of methoxy groups -OCH3 is 1. The molecule has 0 bridgehead atoms. The Morgan fingerprint density at radius 3 is 2.38 bits per heavy atom. The molecule has 0 aliphatic heterocycles. The Bertz CT molecular complexity index is 1040. The van der Waals surface area contributed by atoms with E-state index in [2.05, 4.69) is 4.74 Å². The summed E-state index contributed by atoms with van der Waals surface area (Å²) in [6.07, 6.45) is -1.40. The minimum atomic E-state index is -1.41. The molecule has 2 N–H and O–H groups in total. The van der Waals surface area contributed by atoms with Crippen LogP contribution in [0.25, 0.3) is 22.3 Å². The molecule has 0 saturated heterocycles. The Morgan fingerprint density at radius 2 is 1.73 bits per heavy atom. The van der Waals surface area contributed by atoms with E-state index in [0.717, 1.165) is 0 Å². The minimum Gasteiger partial charge on any atom is -0.497 e. The first kappa shape index (κ1) is 17.3. The average Bonchev–Trinajstić information content (AvgIpc) is 2.95. The second kappa shape index (κ2) is 6.43. The van der Waals surface area contributed by atoms with Crippen molar-refractivity contribution in [2.45, 2.75) is 0 Å². The molecule has 0 atom stereocenters. The fourth-order valence-electron chi connectivity index (χ4n) is 2.44. The molecule has 1 aromatic heterocycles. The quantitative estimate of drug-likeness (QED) is 0.433. The van der Waals surface area contributed by atoms with Gasteiger partial charge in [0.2, 0.25) is 0 Å². The molecule has 3 aromatic rings. The van der Waals surface area contributed by atoms with Gasteiger partial charge in [-0.1, -0.05) is 0 Å². The highest BCUT2D eigenvalue weighted by Crippen LogP contribution is 2.37. The molecule has 2 aromatic carbocycles. The number of carbonyl (C=O) groups excluding carboxylic acids is 2. The van der Waals surface area contributed by atoms with Crippen molar-refractivity contribution in [3.63, 3.8) is 0 Å². The maximum absolute atomic E-state index is 14.2. The molecule has 0 unspecified atom stereocenters. The number of nitrogens with two attached hydrogens (primary N) is 1. The number of hydrogen-bond donors (Lipinski definition) is 1. The van der Waals surface area contributed by atoms with E-state index >= 15 is 0 Å². The van der Waals surface area contributed by atoms with E-state index in [1.54, 1.807) is 0 Å². The van der Waals surface area contributed by atoms with Gasteiger partial charge in [0, 0.05) is 11.5 Å². The van der Waals surface area contributed by atoms with Crippen LogP contribution >= 0.6 is 0 Å². The van der Waals surface area contributed by atoms with Gasteiger partial charge in [0.15, 0.2) is 17.4 Å². The van der Waals surface area contributed by atoms with Crippen LogP contribution in [-0.4, -0.2) is 19.2 Å². The van der Waals surface area contributed by atoms with Crippen molar-refractivity contribution in [3.8, 4) is 17.1 Å². The van der Waals surface area contributed by atoms with Crippen molar-refractivity contribution >= 4 is 23.0 Å². The number of amides is 1. The second-order valence-corrected chi connectivity index (χ2v) is 5.12. The summed E-state index contributed by atoms with van der Waals surface area (Å²) < 4.78 is 55.7. The monoisotopic (exact) mass is 365 g/mol. The highest BCUT2D eigenvalue weighted by Gasteiger charge is 2.27. The number of furan rings is 1. The molecule has 26 heavy (non-hydrogen) atoms. The molecule has 3 rings (SSSR count). The van der Waals surface area contributed by atoms with Gasteiger partial charge in [-0.05, 0) is 24.3 Å². The van der Waals surface area contributed by atoms with Crippen LogP contribution in [0, 0.1) is 17.5 Å². The zero-order valence-electron chi connectivity index (χ0n) is 13.1. The van der Waals surface area contributed by atoms with E-state index in [0.29, 0.717) is 17.9 Å². The van der Waals surface area contributed by atoms with Crippen molar-refractivity contribution in [2.75, 3.05) is 7.11 Å². The number of fused-ring (bicyclic) bond motifs is 1. The smallest absolute Gasteiger partial charge is 0.412 e. The standard InChI is InChI=1S/C17H10F3NO5/c1-24-7-2-3-13-9(4-7)14(16(22)26-17(21)23)15(25-13)8-5-11(19)12(20)6-10(8)18/h2-6H,1H3,(H2,21,23). The van der Waals surface area contributed by atoms with E-state index in [9.17, 15) is 22.8 Å². The number of esters is 1. The summed E-state index contributed by atoms with van der Waals surface area (Å²) in [6, 6.07) is 5.12. The summed E-state index contributed by atoms with van der Waals surface area (Å²) in [6.45, 7) is 0. The van der Waals surface area contributed by atoms with Gasteiger partial charge in [-0.15, -0.1) is 0 Å². The van der Waals surface area contributed by atoms with Crippen molar-refractivity contribution < 1.29 is 36.7 Å². The van der Waals surface area contributed by atoms with Crippen molar-refractivity contribution in [1.82, 2.24) is 0 Å². The number of halogens is 3. The first-order valence-electron chi connectivity index (χ1n) is 7.09. The molecule has 1 heterocycles. The fraction of sp³-hybridized carbons (Fsp3) is 0.0588. The van der Waals surface area contributed by atoms with Crippen LogP contribution in [0.4, 0.5) is 18.0 Å². The van der Waals surface area contributed by atoms with Crippen LogP contribution in [0.1, 0.15) is 10.4 Å². The third kappa shape index (κ3) is 2.94. The molecular formula is C17H10F3NO5. The van der Waals surface area contributed by atoms with Gasteiger partial charge in [-0.2, -0.15) is 0 Å². The van der Waals surface area contributed by atoms with E-state index < -0.39 is 40.8 Å². The molecule has 1 amide bonds. The molecule has 6 nitrogen and oxygen atoms in total. The van der Waals surface area contributed by atoms with E-state index in [1.807, 2.05) is 0 Å². The van der Waals surface area contributed by atoms with Gasteiger partial charge in [-0.25, -0.2) is 22.8 Å². The predicted molar refractivity (Wildman–Crippen MR) is 83.1 cm³/mol. The van der Waals surface area contributed by atoms with Gasteiger partial charge in [-0.3, -0.25) is 0 Å². The topological polar surface area (TPSA) is 91.8 Å². The van der Waals surface area contributed by atoms with Crippen LogP contribution in [0.5, 0.6) is 5.75 Å². The lowest BCUT2D eigenvalue weighted by Crippen LogP contribution is -2.18. The maximum atomic E-state index is 14.2. The molecule has 0 saturated carbocycles. The number of rotatable bonds is 3. The lowest BCUT2D eigenvalue weighted by Gasteiger charge is -2.05. The van der Waals surface area contributed by atoms with Crippen LogP contribution in [0.2, 0.25) is 0 Å². The molecule has 0 aliphatic rings. The van der Waals surface area contributed by atoms with Gasteiger partial charge in [0.1, 0.15) is 22.7 Å². The summed E-state index contributed by atoms with van der Waals surface area (Å²) in [7, 11) is 1.37. The molecule has 9 heteroatoms. The van der Waals surface area contributed by atoms with Crippen LogP contribution in [0.15, 0.2) is 34.7 Å². The van der Waals surface area contributed by atoms with Gasteiger partial charge >= 0.3 is 12.1 Å². The number of carbonyl (C=O) groups is 2. The van der Waals surface area contributed by atoms with Gasteiger partial charge < -0.3 is 19.6 Å². The van der Waals surface area contributed by atoms with Gasteiger partial charge in [0.25, 0.3) is 0 Å². The molecular weight excluding hydrogens is 355 g/mol. The lowest BCUT2D eigenvalue weighted by molar-refractivity contribution is 0.0640. The maximum Gasteiger partial charge on any atom is 0.412 e. The number of ether oxygens (including phenoxy) is 2. The largest absolute Gasteiger partial charge is 0.497 e. The predicted octanol–water partition coefficient (Wildman–Crippen LogP) is 3.76. The van der Waals surface area contributed by atoms with Crippen LogP contribution in [0.3, 0.4) is 0 Å². The number of primary amides is 1. The summed E-state index contributed by atoms with van der Waals surface area (Å²) in [5.41, 5.74) is 4.02. The Balaban J connectivity index is 2.32. The highest BCUT2D eigenvalue weighted by molar-refractivity contribution is 6.11. The third-order valence-electron chi connectivity index (χ3n) is 3.55. The van der Waals surface area contributed by atoms with E-state index in [4.69, 9.17) is 14.9 Å². The van der Waals surface area contributed by atoms with E-state index in [1.165, 1.54) is 25.3 Å². The Labute approximate surface area is 143 Å². The molecule has 0 fully saturated rings. The first-order valence-corrected chi connectivity index (χ1v) is 7.09. The zero-order valence-corrected chi connectivity index (χ0v) is 13.1. The molecule has 0 aliphatic carbocycles. The van der Waals surface area contributed by atoms with Crippen molar-refractivity contribution in [2.24, 2.45) is 5.73 Å². The Morgan fingerprint density at radius 1 is 1.04 bits per heavy atom. The molecule has 0 spiro atoms. The zero-order chi connectivity index (χ0) is 19.0. The van der Waals surface area contributed by atoms with Gasteiger partial charge in [0.05, 0.1) is 12.7 Å². The number of benzene rings is 2. The third-order valence-corrected chi connectivity index (χ3v) is 3.55. The average molecular weight is 365 g/mol. The summed E-state index contributed by atoms with van der Waals surface area (Å²) in [5, 5.41) is 0.106. The summed E-state index contributed by atoms with van der Waals surface area (Å²) in [4.78, 5) is 23.2.